The van der Waals surface area contributed by atoms with Crippen molar-refractivity contribution in [3.8, 4) is 0 Å². The van der Waals surface area contributed by atoms with Gasteiger partial charge < -0.3 is 4.74 Å². The molecule has 0 atom stereocenters. The van der Waals surface area contributed by atoms with Gasteiger partial charge in [-0.2, -0.15) is 11.3 Å². The summed E-state index contributed by atoms with van der Waals surface area (Å²) in [6.45, 7) is 7.61. The molecule has 0 unspecified atom stereocenters. The minimum Gasteiger partial charge on any atom is -0.462 e. The molecule has 0 spiro atoms. The summed E-state index contributed by atoms with van der Waals surface area (Å²) in [5, 5.41) is 17.3. The van der Waals surface area contributed by atoms with Gasteiger partial charge in [-0.1, -0.05) is 0 Å². The van der Waals surface area contributed by atoms with Crippen LogP contribution in [0.5, 0.6) is 0 Å². The van der Waals surface area contributed by atoms with Crippen LogP contribution in [0.2, 0.25) is 0 Å². The molecule has 111 valence electrons. The molecule has 0 saturated carbocycles. The van der Waals surface area contributed by atoms with Crippen molar-refractivity contribution in [2.75, 3.05) is 0 Å². The minimum absolute atomic E-state index is 0.184. The average Bonchev–Trinajstić information content (AvgIpc) is 2.77. The van der Waals surface area contributed by atoms with E-state index < -0.39 is 11.1 Å². The molecular formula is C15H22NO3S. The summed E-state index contributed by atoms with van der Waals surface area (Å²) in [6, 6.07) is 1.93. The van der Waals surface area contributed by atoms with E-state index >= 15 is 0 Å². The van der Waals surface area contributed by atoms with E-state index in [1.807, 2.05) is 44.5 Å². The second-order valence-corrected chi connectivity index (χ2v) is 7.53. The molecule has 1 radical (unpaired) electrons. The Morgan fingerprint density at radius 2 is 1.95 bits per heavy atom. The predicted octanol–water partition coefficient (Wildman–Crippen LogP) is 3.20. The van der Waals surface area contributed by atoms with E-state index in [1.165, 1.54) is 0 Å². The van der Waals surface area contributed by atoms with Crippen molar-refractivity contribution in [2.45, 2.75) is 64.1 Å². The van der Waals surface area contributed by atoms with Crippen LogP contribution in [0.3, 0.4) is 0 Å². The highest BCUT2D eigenvalue weighted by atomic mass is 32.1. The van der Waals surface area contributed by atoms with Crippen LogP contribution in [0, 0.1) is 0 Å². The number of nitrogens with zero attached hydrogens (tertiary/aromatic N) is 1. The van der Waals surface area contributed by atoms with E-state index in [1.54, 1.807) is 11.3 Å². The highest BCUT2D eigenvalue weighted by Gasteiger charge is 2.47. The van der Waals surface area contributed by atoms with Crippen LogP contribution in [0.4, 0.5) is 0 Å². The Hall–Kier alpha value is -0.910. The van der Waals surface area contributed by atoms with Crippen molar-refractivity contribution < 1.29 is 14.7 Å². The number of carbonyl (C=O) groups is 1. The number of piperidine rings is 1. The van der Waals surface area contributed by atoms with E-state index in [2.05, 4.69) is 0 Å². The maximum atomic E-state index is 12.2. The van der Waals surface area contributed by atoms with E-state index in [-0.39, 0.29) is 12.1 Å². The SMILES string of the molecule is CC1(C)CC(OC(=O)Cc2ccsc2)CC(C)(C)N1[O]. The van der Waals surface area contributed by atoms with Gasteiger partial charge in [-0.05, 0) is 50.1 Å². The Kier molecular flexibility index (Phi) is 4.23. The zero-order valence-electron chi connectivity index (χ0n) is 12.5. The molecule has 5 heteroatoms. The molecule has 20 heavy (non-hydrogen) atoms. The van der Waals surface area contributed by atoms with Crippen LogP contribution in [0.1, 0.15) is 46.1 Å². The predicted molar refractivity (Wildman–Crippen MR) is 77.8 cm³/mol. The molecule has 0 aromatic carbocycles. The number of hydroxylamine groups is 2. The molecule has 1 fully saturated rings. The van der Waals surface area contributed by atoms with Crippen LogP contribution < -0.4 is 0 Å². The summed E-state index contributed by atoms with van der Waals surface area (Å²) in [5.74, 6) is -0.209. The van der Waals surface area contributed by atoms with Crippen LogP contribution in [-0.2, 0) is 21.2 Å². The first-order chi connectivity index (χ1) is 9.21. The van der Waals surface area contributed by atoms with Gasteiger partial charge >= 0.3 is 5.97 Å². The first-order valence-corrected chi connectivity index (χ1v) is 7.83. The zero-order valence-corrected chi connectivity index (χ0v) is 13.3. The third kappa shape index (κ3) is 3.40. The maximum absolute atomic E-state index is 12.2. The van der Waals surface area contributed by atoms with Crippen molar-refractivity contribution in [3.63, 3.8) is 0 Å². The van der Waals surface area contributed by atoms with E-state index in [9.17, 15) is 10.0 Å². The molecule has 1 aromatic heterocycles. The lowest BCUT2D eigenvalue weighted by Gasteiger charge is -2.49. The van der Waals surface area contributed by atoms with Gasteiger partial charge in [0.05, 0.1) is 6.42 Å². The van der Waals surface area contributed by atoms with Crippen LogP contribution in [0.15, 0.2) is 16.8 Å². The van der Waals surface area contributed by atoms with Crippen LogP contribution in [0.25, 0.3) is 0 Å². The topological polar surface area (TPSA) is 49.4 Å². The first kappa shape index (κ1) is 15.5. The minimum atomic E-state index is -0.505. The first-order valence-electron chi connectivity index (χ1n) is 6.89. The second-order valence-electron chi connectivity index (χ2n) is 6.75. The molecule has 0 amide bonds. The van der Waals surface area contributed by atoms with Gasteiger partial charge in [0.25, 0.3) is 0 Å². The zero-order chi connectivity index (χ0) is 15.0. The number of esters is 1. The highest BCUT2D eigenvalue weighted by Crippen LogP contribution is 2.38. The van der Waals surface area contributed by atoms with Crippen LogP contribution in [-0.4, -0.2) is 28.2 Å². The monoisotopic (exact) mass is 296 g/mol. The van der Waals surface area contributed by atoms with Gasteiger partial charge in [-0.25, -0.2) is 0 Å². The van der Waals surface area contributed by atoms with E-state index in [4.69, 9.17) is 4.74 Å². The third-order valence-electron chi connectivity index (χ3n) is 3.78. The van der Waals surface area contributed by atoms with Gasteiger partial charge in [-0.3, -0.25) is 4.79 Å². The molecular weight excluding hydrogens is 274 g/mol. The fourth-order valence-electron chi connectivity index (χ4n) is 3.04. The number of thiophene rings is 1. The van der Waals surface area contributed by atoms with E-state index in [0.717, 1.165) is 10.6 Å². The van der Waals surface area contributed by atoms with Crippen molar-refractivity contribution in [2.24, 2.45) is 0 Å². The lowest BCUT2D eigenvalue weighted by Crippen LogP contribution is -2.60. The summed E-state index contributed by atoms with van der Waals surface area (Å²) in [6.07, 6.45) is 1.28. The summed E-state index contributed by atoms with van der Waals surface area (Å²) < 4.78 is 5.58. The summed E-state index contributed by atoms with van der Waals surface area (Å²) >= 11 is 1.57. The van der Waals surface area contributed by atoms with Crippen molar-refractivity contribution in [3.05, 3.63) is 22.4 Å². The molecule has 4 nitrogen and oxygen atoms in total. The number of carbonyl (C=O) groups excluding carboxylic acids is 1. The van der Waals surface area contributed by atoms with Gasteiger partial charge in [0.15, 0.2) is 0 Å². The van der Waals surface area contributed by atoms with Crippen molar-refractivity contribution >= 4 is 17.3 Å². The van der Waals surface area contributed by atoms with Gasteiger partial charge in [0.2, 0.25) is 0 Å². The fourth-order valence-corrected chi connectivity index (χ4v) is 3.71. The van der Waals surface area contributed by atoms with E-state index in [0.29, 0.717) is 19.3 Å². The largest absolute Gasteiger partial charge is 0.462 e. The maximum Gasteiger partial charge on any atom is 0.310 e. The number of hydrogen-bond donors (Lipinski definition) is 0. The van der Waals surface area contributed by atoms with Gasteiger partial charge in [-0.15, -0.1) is 10.3 Å². The highest BCUT2D eigenvalue weighted by molar-refractivity contribution is 7.07. The summed E-state index contributed by atoms with van der Waals surface area (Å²) in [5.41, 5.74) is -0.0239. The third-order valence-corrected chi connectivity index (χ3v) is 4.51. The Morgan fingerprint density at radius 3 is 2.45 bits per heavy atom. The molecule has 2 heterocycles. The quantitative estimate of drug-likeness (QED) is 0.805. The number of ether oxygens (including phenoxy) is 1. The molecule has 0 bridgehead atoms. The van der Waals surface area contributed by atoms with Gasteiger partial charge in [0, 0.05) is 23.9 Å². The smallest absolute Gasteiger partial charge is 0.310 e. The fraction of sp³-hybridized carbons (Fsp3) is 0.667. The molecule has 2 rings (SSSR count). The van der Waals surface area contributed by atoms with Crippen molar-refractivity contribution in [1.82, 2.24) is 5.06 Å². The molecule has 0 aliphatic carbocycles. The second kappa shape index (κ2) is 5.47. The molecule has 0 N–H and O–H groups in total. The lowest BCUT2D eigenvalue weighted by molar-refractivity contribution is -0.299. The van der Waals surface area contributed by atoms with Crippen LogP contribution >= 0.6 is 11.3 Å². The molecule has 1 aliphatic heterocycles. The normalized spacial score (nSPS) is 22.6. The van der Waals surface area contributed by atoms with Gasteiger partial charge in [0.1, 0.15) is 6.10 Å². The standard InChI is InChI=1S/C15H22NO3S/c1-14(2)8-12(9-15(3,4)16(14)18)19-13(17)7-11-5-6-20-10-11/h5-6,10,12H,7-9H2,1-4H3. The number of hydrogen-bond acceptors (Lipinski definition) is 4. The number of rotatable bonds is 3. The summed E-state index contributed by atoms with van der Waals surface area (Å²) in [4.78, 5) is 12.0. The average molecular weight is 296 g/mol. The lowest BCUT2D eigenvalue weighted by atomic mass is 9.80. The van der Waals surface area contributed by atoms with Crippen molar-refractivity contribution in [1.29, 1.82) is 0 Å². The molecule has 1 aliphatic rings. The Morgan fingerprint density at radius 1 is 1.35 bits per heavy atom. The summed E-state index contributed by atoms with van der Waals surface area (Å²) in [7, 11) is 0. The Balaban J connectivity index is 1.98. The molecule has 1 saturated heterocycles. The Bertz CT molecular complexity index is 449. The Labute approximate surface area is 124 Å². The molecule has 1 aromatic rings.